The normalized spacial score (nSPS) is 15.8. The molecule has 0 spiro atoms. The molecule has 0 saturated heterocycles. The number of ether oxygens (including phenoxy) is 1. The zero-order chi connectivity index (χ0) is 22.7. The van der Waals surface area contributed by atoms with Crippen LogP contribution in [-0.4, -0.2) is 55.3 Å². The van der Waals surface area contributed by atoms with Crippen LogP contribution in [0.3, 0.4) is 0 Å². The van der Waals surface area contributed by atoms with Gasteiger partial charge in [-0.25, -0.2) is 14.5 Å². The minimum atomic E-state index is -0.184. The summed E-state index contributed by atoms with van der Waals surface area (Å²) < 4.78 is 10.2. The van der Waals surface area contributed by atoms with Gasteiger partial charge in [0.15, 0.2) is 11.5 Å². The van der Waals surface area contributed by atoms with E-state index < -0.39 is 0 Å². The Bertz CT molecular complexity index is 1490. The lowest BCUT2D eigenvalue weighted by Gasteiger charge is -2.30. The van der Waals surface area contributed by atoms with Crippen LogP contribution in [0.25, 0.3) is 38.2 Å². The number of aryl methyl sites for hydroxylation is 1. The van der Waals surface area contributed by atoms with Crippen molar-refractivity contribution >= 4 is 38.1 Å². The van der Waals surface area contributed by atoms with Crippen LogP contribution >= 0.6 is 11.3 Å². The Morgan fingerprint density at radius 3 is 2.91 bits per heavy atom. The molecule has 1 aromatic carbocycles. The monoisotopic (exact) mass is 460 g/mol. The highest BCUT2D eigenvalue weighted by Crippen LogP contribution is 2.40. The van der Waals surface area contributed by atoms with Crippen LogP contribution in [0.5, 0.6) is 0 Å². The fraction of sp³-hybridized carbons (Fsp3) is 0.400. The topological polar surface area (TPSA) is 60.5 Å². The van der Waals surface area contributed by atoms with Crippen molar-refractivity contribution in [1.82, 2.24) is 29.0 Å². The molecule has 0 amide bonds. The van der Waals surface area contributed by atoms with E-state index in [1.807, 2.05) is 4.52 Å². The maximum absolute atomic E-state index is 6.04. The van der Waals surface area contributed by atoms with Gasteiger partial charge in [0.05, 0.1) is 17.6 Å². The maximum Gasteiger partial charge on any atom is 0.184 e. The van der Waals surface area contributed by atoms with E-state index in [9.17, 15) is 0 Å². The Labute approximate surface area is 196 Å². The van der Waals surface area contributed by atoms with E-state index in [2.05, 4.69) is 67.9 Å². The van der Waals surface area contributed by atoms with Crippen molar-refractivity contribution in [3.63, 3.8) is 0 Å². The predicted octanol–water partition coefficient (Wildman–Crippen LogP) is 4.76. The highest BCUT2D eigenvalue weighted by atomic mass is 32.1. The SMILES string of the molecule is CN(C)CCCn1cc(-c2nc3c4c5c(sc4ncn3n2)COC(C)(C)C5)c2ccccc21. The van der Waals surface area contributed by atoms with E-state index in [-0.39, 0.29) is 5.60 Å². The number of fused-ring (bicyclic) bond motifs is 6. The van der Waals surface area contributed by atoms with Crippen LogP contribution in [0.15, 0.2) is 36.8 Å². The summed E-state index contributed by atoms with van der Waals surface area (Å²) in [7, 11) is 4.23. The number of nitrogens with zero attached hydrogens (tertiary/aromatic N) is 6. The molecule has 0 aliphatic carbocycles. The fourth-order valence-corrected chi connectivity index (χ4v) is 5.89. The maximum atomic E-state index is 6.04. The van der Waals surface area contributed by atoms with Crippen molar-refractivity contribution in [3.05, 3.63) is 47.2 Å². The van der Waals surface area contributed by atoms with E-state index in [1.54, 1.807) is 17.7 Å². The highest BCUT2D eigenvalue weighted by molar-refractivity contribution is 7.19. The molecule has 5 heterocycles. The number of aromatic nitrogens is 5. The molecule has 8 heteroatoms. The van der Waals surface area contributed by atoms with E-state index in [1.165, 1.54) is 21.3 Å². The van der Waals surface area contributed by atoms with Gasteiger partial charge >= 0.3 is 0 Å². The third-order valence-corrected chi connectivity index (χ3v) is 7.56. The van der Waals surface area contributed by atoms with Crippen molar-refractivity contribution < 1.29 is 4.74 Å². The molecule has 0 atom stereocenters. The van der Waals surface area contributed by atoms with E-state index in [0.717, 1.165) is 53.2 Å². The zero-order valence-electron chi connectivity index (χ0n) is 19.5. The first-order valence-electron chi connectivity index (χ1n) is 11.4. The van der Waals surface area contributed by atoms with Gasteiger partial charge in [-0.3, -0.25) is 0 Å². The fourth-order valence-electron chi connectivity index (χ4n) is 4.82. The summed E-state index contributed by atoms with van der Waals surface area (Å²) in [6, 6.07) is 8.53. The molecule has 0 bridgehead atoms. The molecule has 4 aromatic heterocycles. The minimum absolute atomic E-state index is 0.184. The summed E-state index contributed by atoms with van der Waals surface area (Å²) in [4.78, 5) is 14.3. The van der Waals surface area contributed by atoms with Crippen molar-refractivity contribution in [3.8, 4) is 11.4 Å². The minimum Gasteiger partial charge on any atom is -0.370 e. The first-order valence-corrected chi connectivity index (χ1v) is 12.2. The van der Waals surface area contributed by atoms with Crippen LogP contribution in [0.2, 0.25) is 0 Å². The summed E-state index contributed by atoms with van der Waals surface area (Å²) in [6.07, 6.45) is 5.95. The Morgan fingerprint density at radius 1 is 1.21 bits per heavy atom. The predicted molar refractivity (Wildman–Crippen MR) is 133 cm³/mol. The Kier molecular flexibility index (Phi) is 4.79. The Balaban J connectivity index is 1.49. The molecule has 5 aromatic rings. The Morgan fingerprint density at radius 2 is 2.06 bits per heavy atom. The molecule has 33 heavy (non-hydrogen) atoms. The quantitative estimate of drug-likeness (QED) is 0.378. The summed E-state index contributed by atoms with van der Waals surface area (Å²) in [5.41, 5.74) is 4.31. The van der Waals surface area contributed by atoms with E-state index in [4.69, 9.17) is 19.8 Å². The summed E-state index contributed by atoms with van der Waals surface area (Å²) in [5, 5.41) is 7.18. The average Bonchev–Trinajstić information content (AvgIpc) is 3.45. The molecule has 0 unspecified atom stereocenters. The van der Waals surface area contributed by atoms with Gasteiger partial charge in [-0.1, -0.05) is 18.2 Å². The van der Waals surface area contributed by atoms with Gasteiger partial charge in [-0.05, 0) is 52.5 Å². The van der Waals surface area contributed by atoms with Gasteiger partial charge in [-0.15, -0.1) is 16.4 Å². The second-order valence-electron chi connectivity index (χ2n) is 9.77. The number of rotatable bonds is 5. The number of thiophene rings is 1. The first-order chi connectivity index (χ1) is 15.9. The zero-order valence-corrected chi connectivity index (χ0v) is 20.3. The Hall–Kier alpha value is -2.81. The lowest BCUT2D eigenvalue weighted by atomic mass is 9.94. The average molecular weight is 461 g/mol. The third kappa shape index (κ3) is 3.53. The lowest BCUT2D eigenvalue weighted by Crippen LogP contribution is -2.31. The number of benzene rings is 1. The number of para-hydroxylation sites is 1. The molecule has 0 N–H and O–H groups in total. The van der Waals surface area contributed by atoms with Crippen LogP contribution in [-0.2, 0) is 24.3 Å². The summed E-state index contributed by atoms with van der Waals surface area (Å²) >= 11 is 1.71. The molecule has 1 aliphatic rings. The first kappa shape index (κ1) is 20.8. The number of hydrogen-bond donors (Lipinski definition) is 0. The smallest absolute Gasteiger partial charge is 0.184 e. The summed E-state index contributed by atoms with van der Waals surface area (Å²) in [6.45, 7) is 6.95. The molecular formula is C25H28N6OS. The second-order valence-corrected chi connectivity index (χ2v) is 10.9. The van der Waals surface area contributed by atoms with Gasteiger partial charge in [0.2, 0.25) is 0 Å². The van der Waals surface area contributed by atoms with Gasteiger partial charge < -0.3 is 14.2 Å². The van der Waals surface area contributed by atoms with Gasteiger partial charge in [0.25, 0.3) is 0 Å². The van der Waals surface area contributed by atoms with Crippen molar-refractivity contribution in [1.29, 1.82) is 0 Å². The molecule has 6 rings (SSSR count). The molecule has 7 nitrogen and oxygen atoms in total. The molecule has 0 radical (unpaired) electrons. The van der Waals surface area contributed by atoms with Crippen LogP contribution in [0.1, 0.15) is 30.7 Å². The molecule has 170 valence electrons. The van der Waals surface area contributed by atoms with Crippen molar-refractivity contribution in [2.24, 2.45) is 0 Å². The molecule has 0 fully saturated rings. The standard InChI is InChI=1S/C25H28N6OS/c1-25(2)12-17-20(14-32-25)33-24-21(17)23-27-22(28-31(23)15-26-24)18-13-30(11-7-10-29(3)4)19-9-6-5-8-16(18)19/h5-6,8-9,13,15H,7,10-12,14H2,1-4H3. The van der Waals surface area contributed by atoms with Gasteiger partial charge in [0.1, 0.15) is 11.2 Å². The largest absolute Gasteiger partial charge is 0.370 e. The molecular weight excluding hydrogens is 432 g/mol. The highest BCUT2D eigenvalue weighted by Gasteiger charge is 2.31. The molecule has 1 aliphatic heterocycles. The van der Waals surface area contributed by atoms with E-state index in [0.29, 0.717) is 6.61 Å². The van der Waals surface area contributed by atoms with Crippen LogP contribution in [0, 0.1) is 0 Å². The van der Waals surface area contributed by atoms with E-state index >= 15 is 0 Å². The summed E-state index contributed by atoms with van der Waals surface area (Å²) in [5.74, 6) is 0.748. The van der Waals surface area contributed by atoms with Crippen LogP contribution in [0.4, 0.5) is 0 Å². The molecule has 0 saturated carbocycles. The van der Waals surface area contributed by atoms with Gasteiger partial charge in [-0.2, -0.15) is 0 Å². The van der Waals surface area contributed by atoms with Crippen LogP contribution < -0.4 is 0 Å². The lowest BCUT2D eigenvalue weighted by molar-refractivity contribution is -0.0379. The third-order valence-electron chi connectivity index (χ3n) is 6.44. The second kappa shape index (κ2) is 7.62. The number of hydrogen-bond acceptors (Lipinski definition) is 6. The van der Waals surface area contributed by atoms with Crippen molar-refractivity contribution in [2.75, 3.05) is 20.6 Å². The van der Waals surface area contributed by atoms with Crippen molar-refractivity contribution in [2.45, 2.75) is 45.4 Å². The van der Waals surface area contributed by atoms with Gasteiger partial charge in [0, 0.05) is 40.5 Å².